The van der Waals surface area contributed by atoms with E-state index in [-0.39, 0.29) is 11.3 Å². The molecule has 1 aromatic rings. The van der Waals surface area contributed by atoms with Crippen molar-refractivity contribution < 1.29 is 18.7 Å². The van der Waals surface area contributed by atoms with Gasteiger partial charge in [-0.15, -0.1) is 0 Å². The number of hydrogen-bond acceptors (Lipinski definition) is 2. The highest BCUT2D eigenvalue weighted by Crippen LogP contribution is 2.25. The molecule has 0 aliphatic heterocycles. The summed E-state index contributed by atoms with van der Waals surface area (Å²) < 4.78 is 18.8. The summed E-state index contributed by atoms with van der Waals surface area (Å²) in [4.78, 5) is 10.8. The Kier molecular flexibility index (Phi) is 3.14. The average molecular weight is 228 g/mol. The van der Waals surface area contributed by atoms with Crippen molar-refractivity contribution in [2.45, 2.75) is 19.6 Å². The fraction of sp³-hybridized carbons (Fsp3) is 0.300. The summed E-state index contributed by atoms with van der Waals surface area (Å²) in [6.07, 6.45) is 0. The third-order valence-electron chi connectivity index (χ3n) is 1.61. The highest BCUT2D eigenvalue weighted by Gasteiger charge is 2.23. The molecule has 0 aromatic heterocycles. The van der Waals surface area contributed by atoms with Gasteiger partial charge in [0, 0.05) is 0 Å². The molecule has 0 aliphatic carbocycles. The van der Waals surface area contributed by atoms with Crippen LogP contribution in [0.3, 0.4) is 0 Å². The van der Waals surface area contributed by atoms with Crippen LogP contribution < -0.4 is 4.43 Å². The molecule has 0 radical (unpaired) electrons. The van der Waals surface area contributed by atoms with Crippen molar-refractivity contribution in [1.29, 1.82) is 0 Å². The summed E-state index contributed by atoms with van der Waals surface area (Å²) in [6.45, 7) is 5.60. The first kappa shape index (κ1) is 11.7. The Balaban J connectivity index is 3.19. The van der Waals surface area contributed by atoms with Crippen LogP contribution in [-0.2, 0) is 0 Å². The number of carbonyl (C=O) groups is 1. The number of aromatic carboxylic acids is 1. The van der Waals surface area contributed by atoms with E-state index in [1.165, 1.54) is 18.2 Å². The fourth-order valence-corrected chi connectivity index (χ4v) is 1.91. The molecule has 0 fully saturated rings. The van der Waals surface area contributed by atoms with Gasteiger partial charge in [0.05, 0.1) is 0 Å². The lowest BCUT2D eigenvalue weighted by molar-refractivity contribution is 0.0694. The highest BCUT2D eigenvalue weighted by atomic mass is 28.4. The molecule has 5 heteroatoms. The zero-order chi connectivity index (χ0) is 11.6. The van der Waals surface area contributed by atoms with Crippen molar-refractivity contribution in [3.05, 3.63) is 29.6 Å². The predicted octanol–water partition coefficient (Wildman–Crippen LogP) is 2.74. The Morgan fingerprint density at radius 3 is 2.47 bits per heavy atom. The molecular weight excluding hydrogens is 215 g/mol. The van der Waals surface area contributed by atoms with Crippen LogP contribution in [0, 0.1) is 5.82 Å². The maximum Gasteiger partial charge on any atom is 0.339 e. The minimum Gasteiger partial charge on any atom is -0.542 e. The average Bonchev–Trinajstić information content (AvgIpc) is 2.05. The van der Waals surface area contributed by atoms with Gasteiger partial charge in [0.1, 0.15) is 5.56 Å². The number of rotatable bonds is 3. The monoisotopic (exact) mass is 228 g/mol. The van der Waals surface area contributed by atoms with E-state index in [1.807, 2.05) is 19.6 Å². The van der Waals surface area contributed by atoms with Gasteiger partial charge in [0.2, 0.25) is 8.32 Å². The molecule has 1 rings (SSSR count). The number of halogens is 1. The molecule has 0 atom stereocenters. The minimum atomic E-state index is -2.01. The first-order valence-electron chi connectivity index (χ1n) is 4.52. The highest BCUT2D eigenvalue weighted by molar-refractivity contribution is 6.70. The first-order chi connectivity index (χ1) is 6.81. The maximum atomic E-state index is 13.4. The molecule has 15 heavy (non-hydrogen) atoms. The van der Waals surface area contributed by atoms with Crippen LogP contribution in [0.5, 0.6) is 5.75 Å². The second kappa shape index (κ2) is 4.02. The number of benzene rings is 1. The molecule has 0 bridgehead atoms. The van der Waals surface area contributed by atoms with E-state index in [0.717, 1.165) is 0 Å². The van der Waals surface area contributed by atoms with Crippen LogP contribution in [0.4, 0.5) is 4.39 Å². The smallest absolute Gasteiger partial charge is 0.339 e. The molecule has 0 saturated heterocycles. The molecule has 0 heterocycles. The molecule has 0 saturated carbocycles. The topological polar surface area (TPSA) is 46.5 Å². The molecule has 0 spiro atoms. The molecule has 82 valence electrons. The lowest BCUT2D eigenvalue weighted by Crippen LogP contribution is -2.30. The van der Waals surface area contributed by atoms with Crippen molar-refractivity contribution >= 4 is 14.3 Å². The van der Waals surface area contributed by atoms with E-state index >= 15 is 0 Å². The summed E-state index contributed by atoms with van der Waals surface area (Å²) in [5, 5.41) is 8.86. The van der Waals surface area contributed by atoms with Crippen molar-refractivity contribution in [1.82, 2.24) is 0 Å². The molecule has 0 aliphatic rings. The summed E-state index contributed by atoms with van der Waals surface area (Å²) in [6, 6.07) is 3.89. The van der Waals surface area contributed by atoms with Crippen LogP contribution in [0.2, 0.25) is 19.6 Å². The summed E-state index contributed by atoms with van der Waals surface area (Å²) in [5.74, 6) is -1.95. The van der Waals surface area contributed by atoms with Crippen molar-refractivity contribution in [3.8, 4) is 5.75 Å². The normalized spacial score (nSPS) is 11.2. The quantitative estimate of drug-likeness (QED) is 0.809. The molecular formula is C10H13FO3Si. The number of carboxylic acids is 1. The Hall–Kier alpha value is -1.36. The molecule has 3 nitrogen and oxygen atoms in total. The standard InChI is InChI=1S/C10H13FO3Si/c1-15(2,3)14-9-7(10(12)13)5-4-6-8(9)11/h4-6H,1-3H3,(H,12,13). The number of hydrogen-bond donors (Lipinski definition) is 1. The summed E-state index contributed by atoms with van der Waals surface area (Å²) >= 11 is 0. The van der Waals surface area contributed by atoms with Crippen molar-refractivity contribution in [3.63, 3.8) is 0 Å². The lowest BCUT2D eigenvalue weighted by Gasteiger charge is -2.20. The maximum absolute atomic E-state index is 13.4. The van der Waals surface area contributed by atoms with Crippen LogP contribution >= 0.6 is 0 Å². The predicted molar refractivity (Wildman–Crippen MR) is 57.3 cm³/mol. The van der Waals surface area contributed by atoms with E-state index < -0.39 is 20.1 Å². The second-order valence-corrected chi connectivity index (χ2v) is 8.56. The van der Waals surface area contributed by atoms with E-state index in [4.69, 9.17) is 9.53 Å². The Labute approximate surface area is 88.6 Å². The van der Waals surface area contributed by atoms with Gasteiger partial charge in [0.25, 0.3) is 0 Å². The Morgan fingerprint density at radius 1 is 1.40 bits per heavy atom. The summed E-state index contributed by atoms with van der Waals surface area (Å²) in [7, 11) is -2.01. The SMILES string of the molecule is C[Si](C)(C)Oc1c(F)cccc1C(=O)O. The zero-order valence-electron chi connectivity index (χ0n) is 8.87. The van der Waals surface area contributed by atoms with Gasteiger partial charge < -0.3 is 9.53 Å². The molecule has 1 N–H and O–H groups in total. The van der Waals surface area contributed by atoms with E-state index in [0.29, 0.717) is 0 Å². The van der Waals surface area contributed by atoms with Gasteiger partial charge in [-0.25, -0.2) is 9.18 Å². The van der Waals surface area contributed by atoms with Crippen LogP contribution in [0.15, 0.2) is 18.2 Å². The van der Waals surface area contributed by atoms with E-state index in [1.54, 1.807) is 0 Å². The number of carboxylic acid groups (broad SMARTS) is 1. The van der Waals surface area contributed by atoms with Gasteiger partial charge in [-0.05, 0) is 31.8 Å². The Morgan fingerprint density at radius 2 is 2.00 bits per heavy atom. The van der Waals surface area contributed by atoms with Gasteiger partial charge in [-0.3, -0.25) is 0 Å². The first-order valence-corrected chi connectivity index (χ1v) is 7.93. The van der Waals surface area contributed by atoms with Crippen LogP contribution in [-0.4, -0.2) is 19.4 Å². The Bertz CT molecular complexity index is 385. The minimum absolute atomic E-state index is 0.127. The lowest BCUT2D eigenvalue weighted by atomic mass is 10.2. The van der Waals surface area contributed by atoms with Gasteiger partial charge in [-0.2, -0.15) is 0 Å². The zero-order valence-corrected chi connectivity index (χ0v) is 9.87. The van der Waals surface area contributed by atoms with E-state index in [2.05, 4.69) is 0 Å². The third-order valence-corrected chi connectivity index (χ3v) is 2.42. The largest absolute Gasteiger partial charge is 0.542 e. The molecule has 0 unspecified atom stereocenters. The molecule has 1 aromatic carbocycles. The second-order valence-electron chi connectivity index (χ2n) is 4.14. The van der Waals surface area contributed by atoms with Gasteiger partial charge >= 0.3 is 5.97 Å². The van der Waals surface area contributed by atoms with Gasteiger partial charge in [0.15, 0.2) is 11.6 Å². The third kappa shape index (κ3) is 3.05. The van der Waals surface area contributed by atoms with Crippen LogP contribution in [0.1, 0.15) is 10.4 Å². The van der Waals surface area contributed by atoms with Crippen molar-refractivity contribution in [2.75, 3.05) is 0 Å². The molecule has 0 amide bonds. The van der Waals surface area contributed by atoms with Crippen LogP contribution in [0.25, 0.3) is 0 Å². The number of para-hydroxylation sites is 1. The van der Waals surface area contributed by atoms with E-state index in [9.17, 15) is 9.18 Å². The summed E-state index contributed by atoms with van der Waals surface area (Å²) in [5.41, 5.74) is -0.127. The van der Waals surface area contributed by atoms with Gasteiger partial charge in [-0.1, -0.05) is 6.07 Å². The fourth-order valence-electron chi connectivity index (χ4n) is 1.09. The van der Waals surface area contributed by atoms with Crippen molar-refractivity contribution in [2.24, 2.45) is 0 Å².